The largest absolute Gasteiger partial charge is 0.233 e. The number of halogens is 1. The first-order chi connectivity index (χ1) is 16.1. The van der Waals surface area contributed by atoms with Crippen molar-refractivity contribution in [3.8, 4) is 0 Å². The van der Waals surface area contributed by atoms with Crippen molar-refractivity contribution in [1.29, 1.82) is 0 Å². The van der Waals surface area contributed by atoms with E-state index in [1.165, 1.54) is 20.2 Å². The fraction of sp³-hybridized carbons (Fsp3) is 0.0345. The Balaban J connectivity index is 1.66. The van der Waals surface area contributed by atoms with Crippen molar-refractivity contribution in [2.24, 2.45) is 9.98 Å². The first kappa shape index (κ1) is 21.5. The van der Waals surface area contributed by atoms with Crippen LogP contribution in [0.1, 0.15) is 23.6 Å². The van der Waals surface area contributed by atoms with E-state index >= 15 is 0 Å². The molecule has 2 nitrogen and oxygen atoms in total. The van der Waals surface area contributed by atoms with Crippen LogP contribution >= 0.6 is 27.3 Å². The summed E-state index contributed by atoms with van der Waals surface area (Å²) in [5.74, 6) is 0.652. The molecule has 1 aromatic heterocycles. The highest BCUT2D eigenvalue weighted by molar-refractivity contribution is 9.10. The molecule has 0 bridgehead atoms. The Kier molecular flexibility index (Phi) is 6.03. The molecular weight excluding hydrogens is 488 g/mol. The maximum atomic E-state index is 4.97. The normalized spacial score (nSPS) is 12.4. The zero-order valence-electron chi connectivity index (χ0n) is 18.1. The first-order valence-electron chi connectivity index (χ1n) is 10.6. The van der Waals surface area contributed by atoms with Crippen LogP contribution in [0.4, 0.5) is 0 Å². The minimum atomic E-state index is 0.652. The molecular formula is C29H21BrN2S. The van der Waals surface area contributed by atoms with Gasteiger partial charge in [-0.05, 0) is 36.8 Å². The molecule has 0 amide bonds. The number of benzene rings is 4. The molecule has 0 saturated carbocycles. The molecule has 160 valence electrons. The molecule has 0 aliphatic heterocycles. The number of hydrogen-bond acceptors (Lipinski definition) is 2. The quantitative estimate of drug-likeness (QED) is 0.171. The van der Waals surface area contributed by atoms with Gasteiger partial charge in [0.05, 0.1) is 5.70 Å². The molecule has 0 spiro atoms. The highest BCUT2D eigenvalue weighted by Gasteiger charge is 2.13. The van der Waals surface area contributed by atoms with Crippen LogP contribution in [0.5, 0.6) is 0 Å². The Labute approximate surface area is 205 Å². The van der Waals surface area contributed by atoms with E-state index in [1.807, 2.05) is 55.5 Å². The molecule has 0 N–H and O–H groups in total. The highest BCUT2D eigenvalue weighted by Crippen LogP contribution is 2.39. The number of hydrogen-bond donors (Lipinski definition) is 0. The van der Waals surface area contributed by atoms with Gasteiger partial charge in [0.2, 0.25) is 0 Å². The molecule has 4 heteroatoms. The number of nitrogens with zero attached hydrogens (tertiary/aromatic N) is 2. The summed E-state index contributed by atoms with van der Waals surface area (Å²) in [4.78, 5) is 9.90. The molecule has 5 rings (SSSR count). The van der Waals surface area contributed by atoms with E-state index in [2.05, 4.69) is 71.0 Å². The second kappa shape index (κ2) is 9.26. The van der Waals surface area contributed by atoms with Gasteiger partial charge in [0.15, 0.2) is 5.84 Å². The van der Waals surface area contributed by atoms with Gasteiger partial charge in [0, 0.05) is 41.5 Å². The topological polar surface area (TPSA) is 24.7 Å². The summed E-state index contributed by atoms with van der Waals surface area (Å²) in [6, 6.07) is 33.0. The standard InChI is InChI=1S/C29H21BrN2S/c1-19(21-10-5-3-6-11-21)31-29(22-12-7-4-8-13-22)32-20(2)24-14-9-15-27-28(24)25-18-23(30)16-17-26(25)33-27/h3-18H,2H2,1H3. The molecule has 0 fully saturated rings. The first-order valence-corrected chi connectivity index (χ1v) is 12.3. The van der Waals surface area contributed by atoms with Crippen LogP contribution in [0.15, 0.2) is 118 Å². The minimum absolute atomic E-state index is 0.652. The number of amidine groups is 1. The van der Waals surface area contributed by atoms with Crippen molar-refractivity contribution < 1.29 is 0 Å². The lowest BCUT2D eigenvalue weighted by molar-refractivity contribution is 1.45. The molecule has 5 aromatic rings. The number of aliphatic imine (C=N–C) groups is 2. The Hall–Kier alpha value is -3.34. The van der Waals surface area contributed by atoms with Crippen molar-refractivity contribution in [1.82, 2.24) is 0 Å². The third kappa shape index (κ3) is 4.45. The van der Waals surface area contributed by atoms with E-state index < -0.39 is 0 Å². The maximum Gasteiger partial charge on any atom is 0.160 e. The van der Waals surface area contributed by atoms with Gasteiger partial charge in [-0.1, -0.05) is 95.3 Å². The van der Waals surface area contributed by atoms with E-state index in [1.54, 1.807) is 11.3 Å². The van der Waals surface area contributed by atoms with Crippen LogP contribution in [0.2, 0.25) is 0 Å². The van der Waals surface area contributed by atoms with Crippen LogP contribution < -0.4 is 0 Å². The fourth-order valence-corrected chi connectivity index (χ4v) is 5.35. The fourth-order valence-electron chi connectivity index (χ4n) is 3.87. The smallest absolute Gasteiger partial charge is 0.160 e. The lowest BCUT2D eigenvalue weighted by Crippen LogP contribution is -2.04. The molecule has 1 heterocycles. The summed E-state index contributed by atoms with van der Waals surface area (Å²) in [6.07, 6.45) is 0. The van der Waals surface area contributed by atoms with E-state index in [4.69, 9.17) is 9.98 Å². The predicted molar refractivity (Wildman–Crippen MR) is 148 cm³/mol. The van der Waals surface area contributed by atoms with Crippen molar-refractivity contribution in [2.45, 2.75) is 6.92 Å². The summed E-state index contributed by atoms with van der Waals surface area (Å²) in [6.45, 7) is 6.38. The summed E-state index contributed by atoms with van der Waals surface area (Å²) in [7, 11) is 0. The van der Waals surface area contributed by atoms with Crippen LogP contribution in [0.25, 0.3) is 25.9 Å². The van der Waals surface area contributed by atoms with Crippen LogP contribution in [-0.2, 0) is 0 Å². The average molecular weight is 509 g/mol. The molecule has 0 saturated heterocycles. The van der Waals surface area contributed by atoms with E-state index in [0.717, 1.165) is 26.9 Å². The second-order valence-electron chi connectivity index (χ2n) is 7.73. The molecule has 0 atom stereocenters. The van der Waals surface area contributed by atoms with Crippen LogP contribution in [0, 0.1) is 0 Å². The molecule has 0 radical (unpaired) electrons. The molecule has 33 heavy (non-hydrogen) atoms. The summed E-state index contributed by atoms with van der Waals surface area (Å²) in [5, 5.41) is 2.39. The Morgan fingerprint density at radius 2 is 1.45 bits per heavy atom. The maximum absolute atomic E-state index is 4.97. The predicted octanol–water partition coefficient (Wildman–Crippen LogP) is 8.74. The molecule has 4 aromatic carbocycles. The Bertz CT molecular complexity index is 1530. The molecule has 0 aliphatic rings. The van der Waals surface area contributed by atoms with Gasteiger partial charge in [-0.15, -0.1) is 11.3 Å². The molecule has 0 aliphatic carbocycles. The van der Waals surface area contributed by atoms with Crippen molar-refractivity contribution in [2.75, 3.05) is 0 Å². The van der Waals surface area contributed by atoms with Gasteiger partial charge in [0.25, 0.3) is 0 Å². The third-order valence-electron chi connectivity index (χ3n) is 5.51. The Morgan fingerprint density at radius 1 is 0.758 bits per heavy atom. The summed E-state index contributed by atoms with van der Waals surface area (Å²) in [5.41, 5.74) is 4.66. The molecule has 0 unspecified atom stereocenters. The van der Waals surface area contributed by atoms with Crippen LogP contribution in [0.3, 0.4) is 0 Å². The lowest BCUT2D eigenvalue weighted by atomic mass is 10.0. The second-order valence-corrected chi connectivity index (χ2v) is 9.73. The van der Waals surface area contributed by atoms with Gasteiger partial charge < -0.3 is 0 Å². The van der Waals surface area contributed by atoms with Gasteiger partial charge in [-0.3, -0.25) is 0 Å². The highest BCUT2D eigenvalue weighted by atomic mass is 79.9. The Morgan fingerprint density at radius 3 is 2.18 bits per heavy atom. The van der Waals surface area contributed by atoms with E-state index in [0.29, 0.717) is 11.5 Å². The van der Waals surface area contributed by atoms with E-state index in [-0.39, 0.29) is 0 Å². The lowest BCUT2D eigenvalue weighted by Gasteiger charge is -2.08. The van der Waals surface area contributed by atoms with Crippen LogP contribution in [-0.4, -0.2) is 11.5 Å². The monoisotopic (exact) mass is 508 g/mol. The van der Waals surface area contributed by atoms with Crippen molar-refractivity contribution in [3.05, 3.63) is 125 Å². The number of fused-ring (bicyclic) bond motifs is 3. The average Bonchev–Trinajstić information content (AvgIpc) is 3.22. The zero-order valence-corrected chi connectivity index (χ0v) is 20.5. The SMILES string of the molecule is C=C(N=C(N=C(C)c1ccccc1)c1ccccc1)c1cccc2sc3ccc(Br)cc3c12. The summed E-state index contributed by atoms with van der Waals surface area (Å²) >= 11 is 5.41. The van der Waals surface area contributed by atoms with Gasteiger partial charge >= 0.3 is 0 Å². The minimum Gasteiger partial charge on any atom is -0.233 e. The van der Waals surface area contributed by atoms with Crippen molar-refractivity contribution in [3.63, 3.8) is 0 Å². The van der Waals surface area contributed by atoms with Gasteiger partial charge in [-0.2, -0.15) is 0 Å². The third-order valence-corrected chi connectivity index (χ3v) is 7.14. The van der Waals surface area contributed by atoms with Crippen molar-refractivity contribution >= 4 is 64.7 Å². The van der Waals surface area contributed by atoms with E-state index in [9.17, 15) is 0 Å². The number of rotatable bonds is 4. The zero-order chi connectivity index (χ0) is 22.8. The number of thiophene rings is 1. The van der Waals surface area contributed by atoms with Gasteiger partial charge in [0.1, 0.15) is 0 Å². The summed E-state index contributed by atoms with van der Waals surface area (Å²) < 4.78 is 3.53. The van der Waals surface area contributed by atoms with Gasteiger partial charge in [-0.25, -0.2) is 9.98 Å².